The molecule has 1 aliphatic rings. The molecule has 0 radical (unpaired) electrons. The molecule has 0 aliphatic carbocycles. The second-order valence-electron chi connectivity index (χ2n) is 8.00. The number of aryl methyl sites for hydroxylation is 1. The van der Waals surface area contributed by atoms with E-state index in [4.69, 9.17) is 37.9 Å². The topological polar surface area (TPSA) is 99.2 Å². The lowest BCUT2D eigenvalue weighted by molar-refractivity contribution is -0.119. The standard InChI is InChI=1S/C23H21Cl2N7O2/c1-31-11-13(9-27-31)17-10-26-16-5-7-19(30-22-15(24)4-6-18(34-2)21(22)25)32(23(16)29-17)12-14-3-8-20(33)28-14/h4-7,9-11,14H,3,8,12H2,1-2H3,(H,28,33)/b30-19+. The maximum absolute atomic E-state index is 11.9. The molecule has 4 heterocycles. The summed E-state index contributed by atoms with van der Waals surface area (Å²) in [5.74, 6) is 0.504. The number of methoxy groups -OCH3 is 1. The average Bonchev–Trinajstić information content (AvgIpc) is 3.45. The van der Waals surface area contributed by atoms with Crippen LogP contribution in [0.3, 0.4) is 0 Å². The Labute approximate surface area is 205 Å². The molecule has 11 heteroatoms. The first-order chi connectivity index (χ1) is 16.4. The van der Waals surface area contributed by atoms with Crippen LogP contribution in [0.5, 0.6) is 5.75 Å². The second-order valence-corrected chi connectivity index (χ2v) is 8.78. The van der Waals surface area contributed by atoms with Crippen molar-refractivity contribution in [3.63, 3.8) is 0 Å². The van der Waals surface area contributed by atoms with Gasteiger partial charge in [-0.1, -0.05) is 23.2 Å². The lowest BCUT2D eigenvalue weighted by Crippen LogP contribution is -2.34. The Morgan fingerprint density at radius 1 is 1.24 bits per heavy atom. The summed E-state index contributed by atoms with van der Waals surface area (Å²) in [4.78, 5) is 26.1. The molecule has 5 rings (SSSR count). The van der Waals surface area contributed by atoms with Gasteiger partial charge in [0.15, 0.2) is 5.65 Å². The molecule has 1 aliphatic heterocycles. The first kappa shape index (κ1) is 22.4. The Kier molecular flexibility index (Phi) is 5.97. The summed E-state index contributed by atoms with van der Waals surface area (Å²) in [7, 11) is 3.38. The van der Waals surface area contributed by atoms with Gasteiger partial charge in [0.05, 0.1) is 30.2 Å². The van der Waals surface area contributed by atoms with Crippen molar-refractivity contribution in [2.45, 2.75) is 25.4 Å². The van der Waals surface area contributed by atoms with Crippen LogP contribution in [-0.4, -0.2) is 43.4 Å². The lowest BCUT2D eigenvalue weighted by Gasteiger charge is -2.16. The van der Waals surface area contributed by atoms with Crippen molar-refractivity contribution in [2.75, 3.05) is 7.11 Å². The van der Waals surface area contributed by atoms with E-state index in [1.807, 2.05) is 29.9 Å². The number of amides is 1. The summed E-state index contributed by atoms with van der Waals surface area (Å²) in [6.45, 7) is 0.465. The van der Waals surface area contributed by atoms with Crippen LogP contribution in [-0.2, 0) is 18.4 Å². The molecular weight excluding hydrogens is 477 g/mol. The molecule has 1 unspecified atom stereocenters. The van der Waals surface area contributed by atoms with E-state index in [2.05, 4.69) is 15.4 Å². The number of fused-ring (bicyclic) bond motifs is 1. The Morgan fingerprint density at radius 3 is 2.79 bits per heavy atom. The number of carbonyl (C=O) groups is 1. The third-order valence-electron chi connectivity index (χ3n) is 5.67. The molecule has 4 aromatic rings. The lowest BCUT2D eigenvalue weighted by atomic mass is 10.2. The number of halogens is 2. The van der Waals surface area contributed by atoms with Crippen LogP contribution in [0.1, 0.15) is 12.8 Å². The smallest absolute Gasteiger partial charge is 0.220 e. The third-order valence-corrected chi connectivity index (χ3v) is 6.34. The molecule has 34 heavy (non-hydrogen) atoms. The highest BCUT2D eigenvalue weighted by Crippen LogP contribution is 2.39. The minimum absolute atomic E-state index is 0.0327. The Balaban J connectivity index is 1.73. The molecule has 1 aromatic carbocycles. The van der Waals surface area contributed by atoms with E-state index in [0.29, 0.717) is 56.8 Å². The van der Waals surface area contributed by atoms with Gasteiger partial charge in [-0.2, -0.15) is 5.10 Å². The van der Waals surface area contributed by atoms with Crippen LogP contribution in [0, 0.1) is 0 Å². The molecule has 1 saturated heterocycles. The van der Waals surface area contributed by atoms with Gasteiger partial charge in [0.2, 0.25) is 5.91 Å². The number of pyridine rings is 1. The van der Waals surface area contributed by atoms with Crippen LogP contribution < -0.4 is 15.5 Å². The number of nitrogens with zero attached hydrogens (tertiary/aromatic N) is 6. The fourth-order valence-corrected chi connectivity index (χ4v) is 4.49. The number of aromatic nitrogens is 5. The highest BCUT2D eigenvalue weighted by molar-refractivity contribution is 6.39. The van der Waals surface area contributed by atoms with E-state index < -0.39 is 0 Å². The molecule has 0 saturated carbocycles. The summed E-state index contributed by atoms with van der Waals surface area (Å²) in [5.41, 5.74) is 3.81. The fourth-order valence-electron chi connectivity index (χ4n) is 3.96. The zero-order valence-electron chi connectivity index (χ0n) is 18.5. The number of carbonyl (C=O) groups excluding carboxylic acids is 1. The quantitative estimate of drug-likeness (QED) is 0.453. The van der Waals surface area contributed by atoms with Gasteiger partial charge in [0.25, 0.3) is 0 Å². The van der Waals surface area contributed by atoms with Crippen molar-refractivity contribution in [3.8, 4) is 17.0 Å². The van der Waals surface area contributed by atoms with Crippen molar-refractivity contribution >= 4 is 46.0 Å². The predicted molar refractivity (Wildman–Crippen MR) is 129 cm³/mol. The molecule has 0 bridgehead atoms. The van der Waals surface area contributed by atoms with E-state index in [0.717, 1.165) is 12.0 Å². The van der Waals surface area contributed by atoms with E-state index in [1.54, 1.807) is 29.2 Å². The Hall–Kier alpha value is -3.43. The van der Waals surface area contributed by atoms with Gasteiger partial charge in [-0.3, -0.25) is 14.5 Å². The van der Waals surface area contributed by atoms with Crippen LogP contribution >= 0.6 is 23.2 Å². The summed E-state index contributed by atoms with van der Waals surface area (Å²) < 4.78 is 8.98. The maximum Gasteiger partial charge on any atom is 0.220 e. The number of ether oxygens (including phenoxy) is 1. The number of hydrogen-bond acceptors (Lipinski definition) is 6. The molecule has 1 amide bonds. The summed E-state index contributed by atoms with van der Waals surface area (Å²) in [6, 6.07) is 7.01. The van der Waals surface area contributed by atoms with E-state index in [-0.39, 0.29) is 11.9 Å². The Morgan fingerprint density at radius 2 is 2.09 bits per heavy atom. The zero-order chi connectivity index (χ0) is 23.8. The SMILES string of the molecule is COc1ccc(Cl)c(/N=c2\ccc3ncc(-c4cnn(C)c4)nc3n2CC2CCC(=O)N2)c1Cl. The first-order valence-corrected chi connectivity index (χ1v) is 11.4. The third kappa shape index (κ3) is 4.24. The van der Waals surface area contributed by atoms with Gasteiger partial charge in [0, 0.05) is 37.8 Å². The van der Waals surface area contributed by atoms with Crippen molar-refractivity contribution in [1.29, 1.82) is 0 Å². The van der Waals surface area contributed by atoms with Crippen LogP contribution in [0.2, 0.25) is 10.0 Å². The zero-order valence-corrected chi connectivity index (χ0v) is 20.0. The van der Waals surface area contributed by atoms with Gasteiger partial charge >= 0.3 is 0 Å². The van der Waals surface area contributed by atoms with Crippen molar-refractivity contribution in [3.05, 3.63) is 58.4 Å². The number of nitrogens with one attached hydrogen (secondary N) is 1. The summed E-state index contributed by atoms with van der Waals surface area (Å²) >= 11 is 13.0. The average molecular weight is 498 g/mol. The first-order valence-electron chi connectivity index (χ1n) is 10.6. The minimum Gasteiger partial charge on any atom is -0.495 e. The van der Waals surface area contributed by atoms with Crippen molar-refractivity contribution in [1.82, 2.24) is 29.6 Å². The second kappa shape index (κ2) is 9.08. The van der Waals surface area contributed by atoms with E-state index >= 15 is 0 Å². The van der Waals surface area contributed by atoms with Gasteiger partial charge in [-0.05, 0) is 30.7 Å². The number of benzene rings is 1. The molecule has 0 spiro atoms. The van der Waals surface area contributed by atoms with Gasteiger partial charge < -0.3 is 14.6 Å². The summed E-state index contributed by atoms with van der Waals surface area (Å²) in [5, 5.41) is 7.95. The fraction of sp³-hybridized carbons (Fsp3) is 0.261. The van der Waals surface area contributed by atoms with Crippen molar-refractivity contribution in [2.24, 2.45) is 12.0 Å². The monoisotopic (exact) mass is 497 g/mol. The number of hydrogen-bond donors (Lipinski definition) is 1. The maximum atomic E-state index is 11.9. The highest BCUT2D eigenvalue weighted by atomic mass is 35.5. The van der Waals surface area contributed by atoms with Crippen LogP contribution in [0.15, 0.2) is 47.8 Å². The largest absolute Gasteiger partial charge is 0.495 e. The summed E-state index contributed by atoms with van der Waals surface area (Å²) in [6.07, 6.45) is 6.54. The molecule has 3 aromatic heterocycles. The van der Waals surface area contributed by atoms with E-state index in [9.17, 15) is 4.79 Å². The molecule has 1 fully saturated rings. The normalized spacial score (nSPS) is 16.3. The molecule has 1 atom stereocenters. The highest BCUT2D eigenvalue weighted by Gasteiger charge is 2.22. The molecule has 9 nitrogen and oxygen atoms in total. The van der Waals surface area contributed by atoms with Crippen LogP contribution in [0.4, 0.5) is 5.69 Å². The Bertz CT molecular complexity index is 1480. The molecule has 174 valence electrons. The van der Waals surface area contributed by atoms with Gasteiger partial charge in [-0.25, -0.2) is 9.98 Å². The minimum atomic E-state index is -0.0582. The van der Waals surface area contributed by atoms with Gasteiger partial charge in [-0.15, -0.1) is 0 Å². The predicted octanol–water partition coefficient (Wildman–Crippen LogP) is 3.66. The van der Waals surface area contributed by atoms with E-state index in [1.165, 1.54) is 7.11 Å². The van der Waals surface area contributed by atoms with Gasteiger partial charge in [0.1, 0.15) is 27.5 Å². The van der Waals surface area contributed by atoms with Crippen LogP contribution in [0.25, 0.3) is 22.4 Å². The molecular formula is C23H21Cl2N7O2. The number of rotatable bonds is 5. The molecule has 1 N–H and O–H groups in total. The van der Waals surface area contributed by atoms with Crippen molar-refractivity contribution < 1.29 is 9.53 Å².